The maximum Gasteiger partial charge on any atom is 0.258 e. The molecule has 2 heterocycles. The number of anilines is 1. The van der Waals surface area contributed by atoms with Crippen LogP contribution in [0, 0.1) is 6.92 Å². The van der Waals surface area contributed by atoms with E-state index in [1.165, 1.54) is 6.20 Å². The SMILES string of the molecule is CCCCOc1ccccc1NC(=O)c1cnc2c(c(C)cn2C)c1Cl. The molecule has 5 nitrogen and oxygen atoms in total. The first-order valence-corrected chi connectivity index (χ1v) is 9.04. The monoisotopic (exact) mass is 371 g/mol. The largest absolute Gasteiger partial charge is 0.491 e. The molecule has 0 radical (unpaired) electrons. The number of ether oxygens (including phenoxy) is 1. The van der Waals surface area contributed by atoms with Crippen LogP contribution >= 0.6 is 11.6 Å². The third-order valence-corrected chi connectivity index (χ3v) is 4.64. The van der Waals surface area contributed by atoms with Crippen LogP contribution in [0.1, 0.15) is 35.7 Å². The Morgan fingerprint density at radius 3 is 2.88 bits per heavy atom. The fourth-order valence-corrected chi connectivity index (χ4v) is 3.25. The van der Waals surface area contributed by atoms with E-state index in [0.29, 0.717) is 28.6 Å². The van der Waals surface area contributed by atoms with E-state index < -0.39 is 0 Å². The van der Waals surface area contributed by atoms with Crippen LogP contribution in [0.3, 0.4) is 0 Å². The number of nitrogens with zero attached hydrogens (tertiary/aromatic N) is 2. The Kier molecular flexibility index (Phi) is 5.47. The summed E-state index contributed by atoms with van der Waals surface area (Å²) in [6, 6.07) is 7.39. The number of aromatic nitrogens is 2. The number of halogens is 1. The number of hydrogen-bond acceptors (Lipinski definition) is 3. The number of aryl methyl sites for hydroxylation is 2. The molecule has 0 atom stereocenters. The molecule has 0 saturated heterocycles. The van der Waals surface area contributed by atoms with Crippen molar-refractivity contribution in [2.24, 2.45) is 7.05 Å². The minimum absolute atomic E-state index is 0.306. The predicted octanol–water partition coefficient (Wildman–Crippen LogP) is 4.97. The summed E-state index contributed by atoms with van der Waals surface area (Å²) in [7, 11) is 1.91. The van der Waals surface area contributed by atoms with Gasteiger partial charge in [-0.2, -0.15) is 0 Å². The number of hydrogen-bond donors (Lipinski definition) is 1. The first-order valence-electron chi connectivity index (χ1n) is 8.66. The highest BCUT2D eigenvalue weighted by molar-refractivity contribution is 6.39. The Balaban J connectivity index is 1.88. The number of carbonyl (C=O) groups is 1. The number of amides is 1. The lowest BCUT2D eigenvalue weighted by molar-refractivity contribution is 0.102. The first kappa shape index (κ1) is 18.3. The Labute approximate surface area is 157 Å². The quantitative estimate of drug-likeness (QED) is 0.622. The molecule has 0 fully saturated rings. The maximum absolute atomic E-state index is 12.8. The lowest BCUT2D eigenvalue weighted by atomic mass is 10.1. The summed E-state index contributed by atoms with van der Waals surface area (Å²) in [6.07, 6.45) is 5.47. The fourth-order valence-electron chi connectivity index (χ4n) is 2.88. The van der Waals surface area contributed by atoms with E-state index in [-0.39, 0.29) is 5.91 Å². The molecular formula is C20H22ClN3O2. The van der Waals surface area contributed by atoms with E-state index >= 15 is 0 Å². The van der Waals surface area contributed by atoms with Gasteiger partial charge in [-0.25, -0.2) is 4.98 Å². The van der Waals surface area contributed by atoms with Gasteiger partial charge in [-0.3, -0.25) is 4.79 Å². The predicted molar refractivity (Wildman–Crippen MR) is 105 cm³/mol. The van der Waals surface area contributed by atoms with Gasteiger partial charge in [0, 0.05) is 24.8 Å². The molecule has 1 aromatic carbocycles. The van der Waals surface area contributed by atoms with Crippen molar-refractivity contribution in [3.05, 3.63) is 52.8 Å². The fraction of sp³-hybridized carbons (Fsp3) is 0.300. The van der Waals surface area contributed by atoms with Crippen LogP contribution < -0.4 is 10.1 Å². The number of pyridine rings is 1. The van der Waals surface area contributed by atoms with Crippen LogP contribution in [0.15, 0.2) is 36.7 Å². The van der Waals surface area contributed by atoms with Gasteiger partial charge in [-0.05, 0) is 31.0 Å². The number of rotatable bonds is 6. The summed E-state index contributed by atoms with van der Waals surface area (Å²) in [4.78, 5) is 17.2. The number of unbranched alkanes of at least 4 members (excludes halogenated alkanes) is 1. The van der Waals surface area contributed by atoms with Crippen LogP contribution in [0.4, 0.5) is 5.69 Å². The summed E-state index contributed by atoms with van der Waals surface area (Å²) in [5, 5.41) is 4.10. The molecule has 0 aliphatic heterocycles. The lowest BCUT2D eigenvalue weighted by Gasteiger charge is -2.13. The van der Waals surface area contributed by atoms with Crippen LogP contribution in [-0.2, 0) is 7.05 Å². The Hall–Kier alpha value is -2.53. The molecule has 3 aromatic rings. The normalized spacial score (nSPS) is 10.9. The highest BCUT2D eigenvalue weighted by atomic mass is 35.5. The van der Waals surface area contributed by atoms with Crippen molar-refractivity contribution in [3.8, 4) is 5.75 Å². The van der Waals surface area contributed by atoms with Gasteiger partial charge in [0.2, 0.25) is 0 Å². The van der Waals surface area contributed by atoms with Crippen molar-refractivity contribution in [2.45, 2.75) is 26.7 Å². The average molecular weight is 372 g/mol. The number of nitrogens with one attached hydrogen (secondary N) is 1. The zero-order chi connectivity index (χ0) is 18.7. The van der Waals surface area contributed by atoms with Crippen LogP contribution in [-0.4, -0.2) is 22.1 Å². The van der Waals surface area contributed by atoms with Crippen molar-refractivity contribution in [1.29, 1.82) is 0 Å². The van der Waals surface area contributed by atoms with Crippen molar-refractivity contribution >= 4 is 34.2 Å². The number of fused-ring (bicyclic) bond motifs is 1. The van der Waals surface area contributed by atoms with E-state index in [2.05, 4.69) is 17.2 Å². The van der Waals surface area contributed by atoms with Crippen molar-refractivity contribution in [3.63, 3.8) is 0 Å². The summed E-state index contributed by atoms with van der Waals surface area (Å²) >= 11 is 6.52. The minimum atomic E-state index is -0.306. The Morgan fingerprint density at radius 1 is 1.35 bits per heavy atom. The number of carbonyl (C=O) groups excluding carboxylic acids is 1. The Bertz CT molecular complexity index is 950. The van der Waals surface area contributed by atoms with Crippen LogP contribution in [0.25, 0.3) is 11.0 Å². The number of para-hydroxylation sites is 2. The minimum Gasteiger partial charge on any atom is -0.491 e. The lowest BCUT2D eigenvalue weighted by Crippen LogP contribution is -2.14. The molecule has 2 aromatic heterocycles. The smallest absolute Gasteiger partial charge is 0.258 e. The second kappa shape index (κ2) is 7.79. The highest BCUT2D eigenvalue weighted by Crippen LogP contribution is 2.31. The standard InChI is InChI=1S/C20H22ClN3O2/c1-4-5-10-26-16-9-7-6-8-15(16)23-20(25)14-11-22-19-17(18(14)21)13(2)12-24(19)3/h6-9,11-12H,4-5,10H2,1-3H3,(H,23,25). The summed E-state index contributed by atoms with van der Waals surface area (Å²) < 4.78 is 7.67. The first-order chi connectivity index (χ1) is 12.5. The molecule has 1 N–H and O–H groups in total. The molecule has 1 amide bonds. The molecule has 0 aliphatic carbocycles. The third kappa shape index (κ3) is 3.53. The van der Waals surface area contributed by atoms with Gasteiger partial charge >= 0.3 is 0 Å². The molecule has 136 valence electrons. The van der Waals surface area contributed by atoms with Gasteiger partial charge in [0.1, 0.15) is 11.4 Å². The molecule has 0 saturated carbocycles. The molecule has 3 rings (SSSR count). The summed E-state index contributed by atoms with van der Waals surface area (Å²) in [5.74, 6) is 0.342. The van der Waals surface area contributed by atoms with E-state index in [1.54, 1.807) is 0 Å². The number of benzene rings is 1. The van der Waals surface area contributed by atoms with Crippen molar-refractivity contribution in [2.75, 3.05) is 11.9 Å². The molecule has 26 heavy (non-hydrogen) atoms. The highest BCUT2D eigenvalue weighted by Gasteiger charge is 2.18. The molecule has 6 heteroatoms. The maximum atomic E-state index is 12.8. The third-order valence-electron chi connectivity index (χ3n) is 4.25. The molecule has 0 unspecified atom stereocenters. The zero-order valence-corrected chi connectivity index (χ0v) is 15.9. The Morgan fingerprint density at radius 2 is 2.12 bits per heavy atom. The average Bonchev–Trinajstić information content (AvgIpc) is 2.91. The topological polar surface area (TPSA) is 56.1 Å². The van der Waals surface area contributed by atoms with Gasteiger partial charge in [0.15, 0.2) is 0 Å². The molecule has 0 bridgehead atoms. The molecular weight excluding hydrogens is 350 g/mol. The second-order valence-corrected chi connectivity index (χ2v) is 6.64. The van der Waals surface area contributed by atoms with E-state index in [9.17, 15) is 4.79 Å². The van der Waals surface area contributed by atoms with Crippen molar-refractivity contribution < 1.29 is 9.53 Å². The van der Waals surface area contributed by atoms with E-state index in [0.717, 1.165) is 29.4 Å². The van der Waals surface area contributed by atoms with Gasteiger partial charge in [0.25, 0.3) is 5.91 Å². The van der Waals surface area contributed by atoms with Crippen LogP contribution in [0.2, 0.25) is 5.02 Å². The van der Waals surface area contributed by atoms with Crippen LogP contribution in [0.5, 0.6) is 5.75 Å². The molecule has 0 aliphatic rings. The summed E-state index contributed by atoms with van der Waals surface area (Å²) in [6.45, 7) is 4.67. The van der Waals surface area contributed by atoms with E-state index in [4.69, 9.17) is 16.3 Å². The summed E-state index contributed by atoms with van der Waals surface area (Å²) in [5.41, 5.74) is 2.71. The second-order valence-electron chi connectivity index (χ2n) is 6.26. The van der Waals surface area contributed by atoms with E-state index in [1.807, 2.05) is 49.0 Å². The van der Waals surface area contributed by atoms with Gasteiger partial charge in [-0.15, -0.1) is 0 Å². The molecule has 0 spiro atoms. The zero-order valence-electron chi connectivity index (χ0n) is 15.2. The van der Waals surface area contributed by atoms with Gasteiger partial charge < -0.3 is 14.6 Å². The van der Waals surface area contributed by atoms with Crippen molar-refractivity contribution in [1.82, 2.24) is 9.55 Å². The van der Waals surface area contributed by atoms with Gasteiger partial charge in [0.05, 0.1) is 22.9 Å². The van der Waals surface area contributed by atoms with Gasteiger partial charge in [-0.1, -0.05) is 37.1 Å².